The van der Waals surface area contributed by atoms with Gasteiger partial charge in [0.05, 0.1) is 17.2 Å². The standard InChI is InChI=1S/C14H13N3O4S/c1-9-6-10(2-3-12(9)17(20)21)14(19)15-7-13(18)16-11-4-5-22-8-11/h2-6,8H,7H2,1H3,(H,15,19)(H,16,18). The summed E-state index contributed by atoms with van der Waals surface area (Å²) in [6.45, 7) is 1.38. The van der Waals surface area contributed by atoms with E-state index >= 15 is 0 Å². The molecule has 7 nitrogen and oxygen atoms in total. The lowest BCUT2D eigenvalue weighted by Crippen LogP contribution is -2.32. The van der Waals surface area contributed by atoms with Crippen LogP contribution in [0.5, 0.6) is 0 Å². The molecule has 1 heterocycles. The normalized spacial score (nSPS) is 10.0. The second-order valence-electron chi connectivity index (χ2n) is 4.50. The van der Waals surface area contributed by atoms with E-state index in [0.717, 1.165) is 0 Å². The van der Waals surface area contributed by atoms with Crippen LogP contribution < -0.4 is 10.6 Å². The summed E-state index contributed by atoms with van der Waals surface area (Å²) in [7, 11) is 0. The Morgan fingerprint density at radius 2 is 2.09 bits per heavy atom. The van der Waals surface area contributed by atoms with Crippen LogP contribution in [0.3, 0.4) is 0 Å². The van der Waals surface area contributed by atoms with Crippen molar-refractivity contribution in [3.63, 3.8) is 0 Å². The van der Waals surface area contributed by atoms with Crippen LogP contribution in [0.2, 0.25) is 0 Å². The van der Waals surface area contributed by atoms with Crippen LogP contribution in [0.1, 0.15) is 15.9 Å². The van der Waals surface area contributed by atoms with Gasteiger partial charge in [-0.3, -0.25) is 19.7 Å². The van der Waals surface area contributed by atoms with Crippen molar-refractivity contribution in [1.29, 1.82) is 0 Å². The monoisotopic (exact) mass is 319 g/mol. The number of hydrogen-bond acceptors (Lipinski definition) is 5. The maximum atomic E-state index is 11.9. The SMILES string of the molecule is Cc1cc(C(=O)NCC(=O)Nc2ccsc2)ccc1[N+](=O)[O-]. The molecule has 0 aliphatic rings. The molecule has 0 fully saturated rings. The zero-order chi connectivity index (χ0) is 16.1. The second kappa shape index (κ2) is 6.81. The third-order valence-electron chi connectivity index (χ3n) is 2.87. The molecule has 0 spiro atoms. The number of nitrogens with zero attached hydrogens (tertiary/aromatic N) is 1. The van der Waals surface area contributed by atoms with Crippen molar-refractivity contribution >= 4 is 34.5 Å². The van der Waals surface area contributed by atoms with Crippen LogP contribution in [0.25, 0.3) is 0 Å². The minimum atomic E-state index is -0.509. The van der Waals surface area contributed by atoms with Gasteiger partial charge in [-0.1, -0.05) is 0 Å². The number of aryl methyl sites for hydroxylation is 1. The molecule has 0 saturated heterocycles. The fraction of sp³-hybridized carbons (Fsp3) is 0.143. The van der Waals surface area contributed by atoms with Gasteiger partial charge in [0.1, 0.15) is 0 Å². The summed E-state index contributed by atoms with van der Waals surface area (Å²) in [5, 5.41) is 19.4. The highest BCUT2D eigenvalue weighted by atomic mass is 32.1. The summed E-state index contributed by atoms with van der Waals surface area (Å²) in [6, 6.07) is 5.81. The lowest BCUT2D eigenvalue weighted by atomic mass is 10.1. The number of amides is 2. The van der Waals surface area contributed by atoms with E-state index in [1.54, 1.807) is 18.4 Å². The maximum absolute atomic E-state index is 11.9. The predicted octanol–water partition coefficient (Wildman–Crippen LogP) is 2.33. The van der Waals surface area contributed by atoms with Gasteiger partial charge in [0.25, 0.3) is 11.6 Å². The molecule has 2 amide bonds. The molecule has 0 unspecified atom stereocenters. The Morgan fingerprint density at radius 1 is 1.32 bits per heavy atom. The van der Waals surface area contributed by atoms with Crippen molar-refractivity contribution in [2.24, 2.45) is 0 Å². The van der Waals surface area contributed by atoms with Gasteiger partial charge < -0.3 is 10.6 Å². The van der Waals surface area contributed by atoms with E-state index in [2.05, 4.69) is 10.6 Å². The van der Waals surface area contributed by atoms with Crippen LogP contribution in [0.4, 0.5) is 11.4 Å². The topological polar surface area (TPSA) is 101 Å². The number of anilines is 1. The molecule has 1 aromatic carbocycles. The fourth-order valence-electron chi connectivity index (χ4n) is 1.80. The number of thiophene rings is 1. The van der Waals surface area contributed by atoms with Crippen LogP contribution in [-0.4, -0.2) is 23.3 Å². The van der Waals surface area contributed by atoms with E-state index < -0.39 is 10.8 Å². The van der Waals surface area contributed by atoms with Gasteiger partial charge in [0.2, 0.25) is 5.91 Å². The first-order chi connectivity index (χ1) is 10.5. The van der Waals surface area contributed by atoms with Crippen LogP contribution in [-0.2, 0) is 4.79 Å². The maximum Gasteiger partial charge on any atom is 0.272 e. The highest BCUT2D eigenvalue weighted by Crippen LogP contribution is 2.18. The highest BCUT2D eigenvalue weighted by molar-refractivity contribution is 7.08. The molecule has 2 rings (SSSR count). The van der Waals surface area contributed by atoms with E-state index in [1.807, 2.05) is 5.38 Å². The van der Waals surface area contributed by atoms with E-state index in [4.69, 9.17) is 0 Å². The van der Waals surface area contributed by atoms with Gasteiger partial charge in [-0.2, -0.15) is 11.3 Å². The Bertz CT molecular complexity index is 713. The highest BCUT2D eigenvalue weighted by Gasteiger charge is 2.14. The summed E-state index contributed by atoms with van der Waals surface area (Å²) in [5.74, 6) is -0.802. The Morgan fingerprint density at radius 3 is 2.68 bits per heavy atom. The van der Waals surface area contributed by atoms with Gasteiger partial charge in [-0.05, 0) is 30.5 Å². The molecule has 0 aliphatic heterocycles. The van der Waals surface area contributed by atoms with E-state index in [9.17, 15) is 19.7 Å². The lowest BCUT2D eigenvalue weighted by molar-refractivity contribution is -0.385. The summed E-state index contributed by atoms with van der Waals surface area (Å²) in [4.78, 5) is 33.8. The molecule has 22 heavy (non-hydrogen) atoms. The van der Waals surface area contributed by atoms with E-state index in [0.29, 0.717) is 11.3 Å². The number of carbonyl (C=O) groups is 2. The number of hydrogen-bond donors (Lipinski definition) is 2. The summed E-state index contributed by atoms with van der Waals surface area (Å²) >= 11 is 1.45. The van der Waals surface area contributed by atoms with Crippen LogP contribution in [0.15, 0.2) is 35.0 Å². The molecule has 0 aliphatic carbocycles. The zero-order valence-corrected chi connectivity index (χ0v) is 12.5. The van der Waals surface area contributed by atoms with Crippen LogP contribution >= 0.6 is 11.3 Å². The third kappa shape index (κ3) is 3.89. The predicted molar refractivity (Wildman–Crippen MR) is 83.1 cm³/mol. The Hall–Kier alpha value is -2.74. The smallest absolute Gasteiger partial charge is 0.272 e. The first-order valence-electron chi connectivity index (χ1n) is 6.32. The van der Waals surface area contributed by atoms with E-state index in [-0.39, 0.29) is 23.7 Å². The molecule has 2 aromatic rings. The molecule has 114 valence electrons. The van der Waals surface area contributed by atoms with Crippen molar-refractivity contribution in [1.82, 2.24) is 5.32 Å². The molecular weight excluding hydrogens is 306 g/mol. The number of rotatable bonds is 5. The molecule has 2 N–H and O–H groups in total. The van der Waals surface area contributed by atoms with Crippen LogP contribution in [0, 0.1) is 17.0 Å². The number of nitro groups is 1. The minimum absolute atomic E-state index is 0.0493. The van der Waals surface area contributed by atoms with Gasteiger partial charge in [0, 0.05) is 22.6 Å². The Balaban J connectivity index is 1.93. The number of nitrogens with one attached hydrogen (secondary N) is 2. The Labute approximate surface area is 130 Å². The Kier molecular flexibility index (Phi) is 4.84. The largest absolute Gasteiger partial charge is 0.343 e. The molecule has 1 aromatic heterocycles. The minimum Gasteiger partial charge on any atom is -0.343 e. The van der Waals surface area contributed by atoms with Crippen molar-refractivity contribution in [3.8, 4) is 0 Å². The summed E-state index contributed by atoms with van der Waals surface area (Å²) in [6.07, 6.45) is 0. The van der Waals surface area contributed by atoms with Gasteiger partial charge >= 0.3 is 0 Å². The first kappa shape index (κ1) is 15.6. The average molecular weight is 319 g/mol. The van der Waals surface area contributed by atoms with Crippen molar-refractivity contribution in [2.75, 3.05) is 11.9 Å². The van der Waals surface area contributed by atoms with Crippen molar-refractivity contribution < 1.29 is 14.5 Å². The van der Waals surface area contributed by atoms with Gasteiger partial charge in [0.15, 0.2) is 0 Å². The number of nitro benzene ring substituents is 1. The lowest BCUT2D eigenvalue weighted by Gasteiger charge is -2.06. The third-order valence-corrected chi connectivity index (χ3v) is 3.55. The average Bonchev–Trinajstić information content (AvgIpc) is 2.97. The number of carbonyl (C=O) groups excluding carboxylic acids is 2. The number of benzene rings is 1. The molecule has 0 radical (unpaired) electrons. The summed E-state index contributed by atoms with van der Waals surface area (Å²) in [5.41, 5.74) is 1.29. The molecule has 8 heteroatoms. The first-order valence-corrected chi connectivity index (χ1v) is 7.27. The second-order valence-corrected chi connectivity index (χ2v) is 5.28. The molecule has 0 saturated carbocycles. The van der Waals surface area contributed by atoms with Crippen molar-refractivity contribution in [3.05, 3.63) is 56.3 Å². The molecule has 0 atom stereocenters. The van der Waals surface area contributed by atoms with Gasteiger partial charge in [-0.15, -0.1) is 0 Å². The van der Waals surface area contributed by atoms with E-state index in [1.165, 1.54) is 29.5 Å². The molecular formula is C14H13N3O4S. The fourth-order valence-corrected chi connectivity index (χ4v) is 2.39. The quantitative estimate of drug-likeness (QED) is 0.652. The zero-order valence-electron chi connectivity index (χ0n) is 11.7. The summed E-state index contributed by atoms with van der Waals surface area (Å²) < 4.78 is 0. The van der Waals surface area contributed by atoms with Crippen molar-refractivity contribution in [2.45, 2.75) is 6.92 Å². The molecule has 0 bridgehead atoms. The van der Waals surface area contributed by atoms with Gasteiger partial charge in [-0.25, -0.2) is 0 Å².